The Balaban J connectivity index is -0.00000220. The number of carbonyl (C=O) groups is 2. The van der Waals surface area contributed by atoms with Crippen molar-refractivity contribution in [1.29, 1.82) is 0 Å². The van der Waals surface area contributed by atoms with Gasteiger partial charge in [-0.15, -0.1) is 0 Å². The molecular formula is C18H36NNaO3. The van der Waals surface area contributed by atoms with Crippen LogP contribution in [-0.2, 0) is 14.3 Å². The maximum atomic E-state index is 11.6. The predicted octanol–water partition coefficient (Wildman–Crippen LogP) is 1.47. The van der Waals surface area contributed by atoms with Crippen molar-refractivity contribution in [2.45, 2.75) is 97.4 Å². The van der Waals surface area contributed by atoms with Crippen LogP contribution in [0.1, 0.15) is 92.8 Å². The van der Waals surface area contributed by atoms with Crippen molar-refractivity contribution in [3.05, 3.63) is 0 Å². The molecule has 0 aliphatic rings. The van der Waals surface area contributed by atoms with Crippen LogP contribution in [0.15, 0.2) is 0 Å². The minimum absolute atomic E-state index is 0. The molecule has 0 saturated carbocycles. The van der Waals surface area contributed by atoms with E-state index in [0.29, 0.717) is 18.8 Å². The van der Waals surface area contributed by atoms with Crippen LogP contribution in [-0.4, -0.2) is 18.0 Å². The zero-order valence-corrected chi connectivity index (χ0v) is 17.7. The molecule has 132 valence electrons. The molecule has 0 heterocycles. The molecule has 4 nitrogen and oxygen atoms in total. The fourth-order valence-electron chi connectivity index (χ4n) is 2.42. The molecule has 0 aliphatic carbocycles. The second-order valence-corrected chi connectivity index (χ2v) is 6.61. The van der Waals surface area contributed by atoms with Gasteiger partial charge in [0, 0.05) is 6.42 Å². The first-order chi connectivity index (χ1) is 10.5. The summed E-state index contributed by atoms with van der Waals surface area (Å²) in [5, 5.41) is 0. The molecule has 23 heavy (non-hydrogen) atoms. The number of ether oxygens (including phenoxy) is 1. The molecular weight excluding hydrogens is 301 g/mol. The Morgan fingerprint density at radius 3 is 1.91 bits per heavy atom. The zero-order valence-electron chi connectivity index (χ0n) is 16.7. The van der Waals surface area contributed by atoms with Crippen molar-refractivity contribution in [2.75, 3.05) is 0 Å². The van der Waals surface area contributed by atoms with E-state index in [1.54, 1.807) is 0 Å². The van der Waals surface area contributed by atoms with E-state index in [-0.39, 0.29) is 31.0 Å². The monoisotopic (exact) mass is 337 g/mol. The fourth-order valence-corrected chi connectivity index (χ4v) is 2.42. The van der Waals surface area contributed by atoms with E-state index < -0.39 is 18.0 Å². The van der Waals surface area contributed by atoms with Gasteiger partial charge >= 0.3 is 41.5 Å². The summed E-state index contributed by atoms with van der Waals surface area (Å²) in [5.74, 6) is -0.711. The van der Waals surface area contributed by atoms with Gasteiger partial charge in [0.1, 0.15) is 6.04 Å². The normalized spacial score (nSPS) is 11.9. The standard InChI is InChI=1S/C18H35NO3.Na.H/c1-4-5-6-7-8-9-10-11-12-13-17(20)22-18(21)16(19)14-15(2)3;;/h15-16H,4-14,19H2,1-3H3;;/q;+1;-1/t16-;;/m0../s1. The van der Waals surface area contributed by atoms with Gasteiger partial charge in [-0.3, -0.25) is 4.79 Å². The number of esters is 2. The average Bonchev–Trinajstić information content (AvgIpc) is 2.44. The van der Waals surface area contributed by atoms with Crippen LogP contribution >= 0.6 is 0 Å². The van der Waals surface area contributed by atoms with Crippen LogP contribution in [0.4, 0.5) is 0 Å². The summed E-state index contributed by atoms with van der Waals surface area (Å²) >= 11 is 0. The Hall–Kier alpha value is 0.1000. The number of nitrogens with two attached hydrogens (primary N) is 1. The third-order valence-corrected chi connectivity index (χ3v) is 3.73. The van der Waals surface area contributed by atoms with Crippen molar-refractivity contribution in [2.24, 2.45) is 11.7 Å². The minimum Gasteiger partial charge on any atom is -1.00 e. The molecule has 2 N–H and O–H groups in total. The van der Waals surface area contributed by atoms with Crippen molar-refractivity contribution < 1.29 is 45.3 Å². The minimum atomic E-state index is -0.688. The molecule has 0 radical (unpaired) electrons. The summed E-state index contributed by atoms with van der Waals surface area (Å²) < 4.78 is 4.78. The summed E-state index contributed by atoms with van der Waals surface area (Å²) in [6.45, 7) is 6.19. The van der Waals surface area contributed by atoms with Gasteiger partial charge < -0.3 is 11.9 Å². The number of unbranched alkanes of at least 4 members (excludes halogenated alkanes) is 8. The van der Waals surface area contributed by atoms with Gasteiger partial charge in [0.2, 0.25) is 0 Å². The molecule has 0 rings (SSSR count). The fraction of sp³-hybridized carbons (Fsp3) is 0.889. The molecule has 0 aromatic carbocycles. The van der Waals surface area contributed by atoms with Crippen LogP contribution < -0.4 is 35.3 Å². The Bertz CT molecular complexity index is 315. The maximum absolute atomic E-state index is 11.6. The van der Waals surface area contributed by atoms with E-state index in [1.165, 1.54) is 38.5 Å². The van der Waals surface area contributed by atoms with E-state index in [2.05, 4.69) is 6.92 Å². The van der Waals surface area contributed by atoms with E-state index >= 15 is 0 Å². The Morgan fingerprint density at radius 2 is 1.43 bits per heavy atom. The molecule has 0 saturated heterocycles. The van der Waals surface area contributed by atoms with E-state index in [4.69, 9.17) is 10.5 Å². The summed E-state index contributed by atoms with van der Waals surface area (Å²) in [4.78, 5) is 23.1. The van der Waals surface area contributed by atoms with Gasteiger partial charge in [0.15, 0.2) is 0 Å². The quantitative estimate of drug-likeness (QED) is 0.239. The molecule has 0 bridgehead atoms. The number of hydrogen-bond acceptors (Lipinski definition) is 4. The largest absolute Gasteiger partial charge is 1.00 e. The summed E-state index contributed by atoms with van der Waals surface area (Å²) in [6, 6.07) is -0.688. The topological polar surface area (TPSA) is 69.4 Å². The zero-order chi connectivity index (χ0) is 16.8. The van der Waals surface area contributed by atoms with Gasteiger partial charge in [0.25, 0.3) is 0 Å². The Morgan fingerprint density at radius 1 is 0.957 bits per heavy atom. The molecule has 0 amide bonds. The molecule has 0 aromatic rings. The van der Waals surface area contributed by atoms with Crippen molar-refractivity contribution >= 4 is 11.9 Å². The Kier molecular flexibility index (Phi) is 18.7. The number of hydrogen-bond donors (Lipinski definition) is 1. The van der Waals surface area contributed by atoms with Crippen LogP contribution in [0.5, 0.6) is 0 Å². The van der Waals surface area contributed by atoms with Crippen molar-refractivity contribution in [3.63, 3.8) is 0 Å². The summed E-state index contributed by atoms with van der Waals surface area (Å²) in [7, 11) is 0. The molecule has 0 unspecified atom stereocenters. The first-order valence-electron chi connectivity index (χ1n) is 8.97. The maximum Gasteiger partial charge on any atom is 1.00 e. The van der Waals surface area contributed by atoms with Gasteiger partial charge in [-0.05, 0) is 18.8 Å². The van der Waals surface area contributed by atoms with Crippen LogP contribution in [0.3, 0.4) is 0 Å². The molecule has 0 spiro atoms. The van der Waals surface area contributed by atoms with Crippen molar-refractivity contribution in [1.82, 2.24) is 0 Å². The first-order valence-corrected chi connectivity index (χ1v) is 8.97. The second-order valence-electron chi connectivity index (χ2n) is 6.61. The Labute approximate surface area is 166 Å². The molecule has 0 aliphatic heterocycles. The van der Waals surface area contributed by atoms with Crippen LogP contribution in [0.2, 0.25) is 0 Å². The molecule has 0 aromatic heterocycles. The van der Waals surface area contributed by atoms with E-state index in [0.717, 1.165) is 19.3 Å². The third kappa shape index (κ3) is 16.7. The summed E-state index contributed by atoms with van der Waals surface area (Å²) in [5.41, 5.74) is 5.68. The van der Waals surface area contributed by atoms with E-state index in [1.807, 2.05) is 13.8 Å². The van der Waals surface area contributed by atoms with Crippen LogP contribution in [0.25, 0.3) is 0 Å². The third-order valence-electron chi connectivity index (χ3n) is 3.73. The van der Waals surface area contributed by atoms with Gasteiger partial charge in [0.05, 0.1) is 0 Å². The molecule has 0 fully saturated rings. The van der Waals surface area contributed by atoms with Crippen molar-refractivity contribution in [3.8, 4) is 0 Å². The van der Waals surface area contributed by atoms with Gasteiger partial charge in [-0.25, -0.2) is 4.79 Å². The van der Waals surface area contributed by atoms with Gasteiger partial charge in [-0.1, -0.05) is 72.1 Å². The van der Waals surface area contributed by atoms with Gasteiger partial charge in [-0.2, -0.15) is 0 Å². The number of carbonyl (C=O) groups excluding carboxylic acids is 2. The number of rotatable bonds is 13. The SMILES string of the molecule is CCCCCCCCCCCC(=O)OC(=O)[C@@H](N)CC(C)C.[H-].[Na+]. The summed E-state index contributed by atoms with van der Waals surface area (Å²) in [6.07, 6.45) is 11.6. The molecule has 1 atom stereocenters. The van der Waals surface area contributed by atoms with Crippen LogP contribution in [0, 0.1) is 5.92 Å². The smallest absolute Gasteiger partial charge is 1.00 e. The first kappa shape index (κ1) is 25.3. The average molecular weight is 337 g/mol. The predicted molar refractivity (Wildman–Crippen MR) is 91.5 cm³/mol. The van der Waals surface area contributed by atoms with E-state index in [9.17, 15) is 9.59 Å². The molecule has 5 heteroatoms. The second kappa shape index (κ2) is 16.9.